The molecular weight excluding hydrogens is 198 g/mol. The molecule has 0 aromatic carbocycles. The lowest BCUT2D eigenvalue weighted by molar-refractivity contribution is -0.203. The minimum Gasteiger partial charge on any atom is -0.464 e. The second kappa shape index (κ2) is 5.44. The molecule has 1 aliphatic heterocycles. The van der Waals surface area contributed by atoms with Gasteiger partial charge in [-0.25, -0.2) is 4.79 Å². The van der Waals surface area contributed by atoms with E-state index in [4.69, 9.17) is 9.57 Å². The van der Waals surface area contributed by atoms with Crippen molar-refractivity contribution in [1.82, 2.24) is 5.06 Å². The molecule has 5 heteroatoms. The van der Waals surface area contributed by atoms with Gasteiger partial charge in [0, 0.05) is 25.9 Å². The number of piperidine rings is 1. The summed E-state index contributed by atoms with van der Waals surface area (Å²) in [5.41, 5.74) is -1.32. The Morgan fingerprint density at radius 3 is 2.40 bits per heavy atom. The molecule has 88 valence electrons. The van der Waals surface area contributed by atoms with E-state index in [2.05, 4.69) is 0 Å². The van der Waals surface area contributed by atoms with Crippen LogP contribution in [-0.2, 0) is 14.4 Å². The molecule has 0 spiro atoms. The molecule has 0 unspecified atom stereocenters. The van der Waals surface area contributed by atoms with E-state index in [0.717, 1.165) is 0 Å². The number of hydrogen-bond donors (Lipinski definition) is 1. The Bertz CT molecular complexity index is 211. The number of hydrogen-bond acceptors (Lipinski definition) is 5. The van der Waals surface area contributed by atoms with Crippen molar-refractivity contribution < 1.29 is 19.5 Å². The van der Waals surface area contributed by atoms with E-state index >= 15 is 0 Å². The lowest BCUT2D eigenvalue weighted by Crippen LogP contribution is -2.50. The average Bonchev–Trinajstić information content (AvgIpc) is 2.22. The molecule has 15 heavy (non-hydrogen) atoms. The maximum absolute atomic E-state index is 11.5. The van der Waals surface area contributed by atoms with Crippen LogP contribution in [0, 0.1) is 0 Å². The van der Waals surface area contributed by atoms with E-state index in [-0.39, 0.29) is 0 Å². The van der Waals surface area contributed by atoms with E-state index in [0.29, 0.717) is 39.1 Å². The fourth-order valence-corrected chi connectivity index (χ4v) is 1.64. The summed E-state index contributed by atoms with van der Waals surface area (Å²) in [5.74, 6) is -0.513. The Morgan fingerprint density at radius 1 is 1.33 bits per heavy atom. The summed E-state index contributed by atoms with van der Waals surface area (Å²) in [6.07, 6.45) is 0.734. The van der Waals surface area contributed by atoms with Crippen molar-refractivity contribution in [2.75, 3.05) is 26.3 Å². The molecule has 1 rings (SSSR count). The molecule has 0 aliphatic carbocycles. The second-order valence-corrected chi connectivity index (χ2v) is 3.60. The lowest BCUT2D eigenvalue weighted by atomic mass is 9.92. The van der Waals surface area contributed by atoms with Gasteiger partial charge in [-0.2, -0.15) is 5.06 Å². The second-order valence-electron chi connectivity index (χ2n) is 3.60. The average molecular weight is 217 g/mol. The van der Waals surface area contributed by atoms with Crippen molar-refractivity contribution in [3.05, 3.63) is 0 Å². The summed E-state index contributed by atoms with van der Waals surface area (Å²) < 4.78 is 4.83. The van der Waals surface area contributed by atoms with Gasteiger partial charge in [0.25, 0.3) is 0 Å². The summed E-state index contributed by atoms with van der Waals surface area (Å²) in [7, 11) is 0. The van der Waals surface area contributed by atoms with Gasteiger partial charge < -0.3 is 9.84 Å². The minimum absolute atomic E-state index is 0.302. The van der Waals surface area contributed by atoms with Crippen LogP contribution in [0.15, 0.2) is 0 Å². The molecule has 1 saturated heterocycles. The number of nitrogens with zero attached hydrogens (tertiary/aromatic N) is 1. The molecule has 0 aromatic heterocycles. The van der Waals surface area contributed by atoms with Crippen molar-refractivity contribution in [3.8, 4) is 0 Å². The normalized spacial score (nSPS) is 21.3. The Morgan fingerprint density at radius 2 is 1.93 bits per heavy atom. The van der Waals surface area contributed by atoms with Gasteiger partial charge in [0.1, 0.15) is 0 Å². The first-order chi connectivity index (χ1) is 7.12. The molecule has 1 N–H and O–H groups in total. The molecule has 1 heterocycles. The van der Waals surface area contributed by atoms with Gasteiger partial charge in [-0.15, -0.1) is 0 Å². The number of hydroxylamine groups is 2. The van der Waals surface area contributed by atoms with E-state index < -0.39 is 11.6 Å². The van der Waals surface area contributed by atoms with E-state index in [9.17, 15) is 9.90 Å². The number of rotatable bonds is 4. The van der Waals surface area contributed by atoms with Crippen LogP contribution in [-0.4, -0.2) is 48.0 Å². The zero-order valence-electron chi connectivity index (χ0n) is 9.36. The summed E-state index contributed by atoms with van der Waals surface area (Å²) in [4.78, 5) is 16.7. The third-order valence-corrected chi connectivity index (χ3v) is 2.52. The van der Waals surface area contributed by atoms with Crippen molar-refractivity contribution in [2.24, 2.45) is 0 Å². The number of carbonyl (C=O) groups excluding carboxylic acids is 1. The third-order valence-electron chi connectivity index (χ3n) is 2.52. The summed E-state index contributed by atoms with van der Waals surface area (Å²) in [6.45, 7) is 5.67. The maximum atomic E-state index is 11.5. The molecule has 0 radical (unpaired) electrons. The van der Waals surface area contributed by atoms with Crippen LogP contribution in [0.1, 0.15) is 26.7 Å². The highest BCUT2D eigenvalue weighted by molar-refractivity contribution is 5.79. The van der Waals surface area contributed by atoms with Gasteiger partial charge in [-0.1, -0.05) is 0 Å². The van der Waals surface area contributed by atoms with Gasteiger partial charge in [0.05, 0.1) is 13.2 Å². The fourth-order valence-electron chi connectivity index (χ4n) is 1.64. The van der Waals surface area contributed by atoms with Gasteiger partial charge >= 0.3 is 5.97 Å². The molecule has 0 aromatic rings. The quantitative estimate of drug-likeness (QED) is 0.688. The number of aliphatic hydroxyl groups is 1. The van der Waals surface area contributed by atoms with Gasteiger partial charge in [0.15, 0.2) is 5.60 Å². The highest BCUT2D eigenvalue weighted by atomic mass is 16.7. The first-order valence-corrected chi connectivity index (χ1v) is 5.40. The molecule has 5 nitrogen and oxygen atoms in total. The van der Waals surface area contributed by atoms with Crippen LogP contribution in [0.5, 0.6) is 0 Å². The monoisotopic (exact) mass is 217 g/mol. The van der Waals surface area contributed by atoms with Gasteiger partial charge in [-0.05, 0) is 13.8 Å². The van der Waals surface area contributed by atoms with Crippen molar-refractivity contribution in [3.63, 3.8) is 0 Å². The topological polar surface area (TPSA) is 59.0 Å². The summed E-state index contributed by atoms with van der Waals surface area (Å²) in [6, 6.07) is 0. The molecule has 0 atom stereocenters. The predicted octanol–water partition coefficient (Wildman–Crippen LogP) is 0.328. The molecular formula is C10H19NO4. The van der Waals surface area contributed by atoms with Crippen LogP contribution in [0.25, 0.3) is 0 Å². The van der Waals surface area contributed by atoms with Crippen LogP contribution >= 0.6 is 0 Å². The molecule has 1 aliphatic rings. The Balaban J connectivity index is 2.43. The van der Waals surface area contributed by atoms with Crippen molar-refractivity contribution in [1.29, 1.82) is 0 Å². The standard InChI is InChI=1S/C10H19NO4/c1-3-14-9(12)10(13)5-7-11(8-6-10)15-4-2/h13H,3-8H2,1-2H3. The Labute approximate surface area is 89.9 Å². The van der Waals surface area contributed by atoms with E-state index in [1.165, 1.54) is 0 Å². The summed E-state index contributed by atoms with van der Waals surface area (Å²) in [5, 5.41) is 11.8. The van der Waals surface area contributed by atoms with E-state index in [1.807, 2.05) is 6.92 Å². The van der Waals surface area contributed by atoms with Crippen LogP contribution < -0.4 is 0 Å². The molecule has 0 bridgehead atoms. The highest BCUT2D eigenvalue weighted by Gasteiger charge is 2.40. The molecule has 0 saturated carbocycles. The first kappa shape index (κ1) is 12.4. The fraction of sp³-hybridized carbons (Fsp3) is 0.900. The molecule has 1 fully saturated rings. The number of carbonyl (C=O) groups is 1. The largest absolute Gasteiger partial charge is 0.464 e. The maximum Gasteiger partial charge on any atom is 0.338 e. The Kier molecular flexibility index (Phi) is 4.50. The first-order valence-electron chi connectivity index (χ1n) is 5.40. The SMILES string of the molecule is CCOC(=O)C1(O)CCN(OCC)CC1. The van der Waals surface area contributed by atoms with Crippen molar-refractivity contribution in [2.45, 2.75) is 32.3 Å². The lowest BCUT2D eigenvalue weighted by Gasteiger charge is -2.35. The van der Waals surface area contributed by atoms with Gasteiger partial charge in [0.2, 0.25) is 0 Å². The Hall–Kier alpha value is -0.650. The van der Waals surface area contributed by atoms with Crippen LogP contribution in [0.4, 0.5) is 0 Å². The number of esters is 1. The third kappa shape index (κ3) is 3.15. The van der Waals surface area contributed by atoms with Crippen LogP contribution in [0.3, 0.4) is 0 Å². The van der Waals surface area contributed by atoms with E-state index in [1.54, 1.807) is 12.0 Å². The van der Waals surface area contributed by atoms with Crippen LogP contribution in [0.2, 0.25) is 0 Å². The zero-order chi connectivity index (χ0) is 11.3. The van der Waals surface area contributed by atoms with Crippen molar-refractivity contribution >= 4 is 5.97 Å². The number of ether oxygens (including phenoxy) is 1. The highest BCUT2D eigenvalue weighted by Crippen LogP contribution is 2.23. The predicted molar refractivity (Wildman–Crippen MR) is 54.0 cm³/mol. The zero-order valence-corrected chi connectivity index (χ0v) is 9.36. The van der Waals surface area contributed by atoms with Gasteiger partial charge in [-0.3, -0.25) is 4.84 Å². The smallest absolute Gasteiger partial charge is 0.338 e. The molecule has 0 amide bonds. The minimum atomic E-state index is -1.32. The summed E-state index contributed by atoms with van der Waals surface area (Å²) >= 11 is 0.